The van der Waals surface area contributed by atoms with Gasteiger partial charge in [-0.3, -0.25) is 9.59 Å². The van der Waals surface area contributed by atoms with Crippen molar-refractivity contribution in [3.63, 3.8) is 0 Å². The van der Waals surface area contributed by atoms with Crippen molar-refractivity contribution in [2.24, 2.45) is 0 Å². The summed E-state index contributed by atoms with van der Waals surface area (Å²) in [5.41, 5.74) is 0.389. The summed E-state index contributed by atoms with van der Waals surface area (Å²) in [6.45, 7) is 2.33. The van der Waals surface area contributed by atoms with Crippen LogP contribution in [-0.4, -0.2) is 44.2 Å². The Morgan fingerprint density at radius 3 is 2.63 bits per heavy atom. The second kappa shape index (κ2) is 8.20. The lowest BCUT2D eigenvalue weighted by molar-refractivity contribution is -0.122. The number of piperazine rings is 1. The van der Waals surface area contributed by atoms with Crippen LogP contribution in [0.15, 0.2) is 46.7 Å². The van der Waals surface area contributed by atoms with E-state index >= 15 is 0 Å². The SMILES string of the molecule is CCC(NC(=O)c1ccc(S(=O)(=O)N2CCNC(=O)C2)cc1)c1cccs1. The molecule has 7 nitrogen and oxygen atoms in total. The lowest BCUT2D eigenvalue weighted by atomic mass is 10.1. The van der Waals surface area contributed by atoms with Crippen LogP contribution in [0.5, 0.6) is 0 Å². The molecule has 1 aromatic heterocycles. The molecule has 9 heteroatoms. The van der Waals surface area contributed by atoms with Gasteiger partial charge in [0.15, 0.2) is 0 Å². The van der Waals surface area contributed by atoms with Crippen molar-refractivity contribution in [2.45, 2.75) is 24.3 Å². The summed E-state index contributed by atoms with van der Waals surface area (Å²) in [5, 5.41) is 7.53. The quantitative estimate of drug-likeness (QED) is 0.763. The van der Waals surface area contributed by atoms with Crippen molar-refractivity contribution in [2.75, 3.05) is 19.6 Å². The van der Waals surface area contributed by atoms with E-state index in [1.807, 2.05) is 24.4 Å². The number of thiophene rings is 1. The molecule has 1 aliphatic rings. The summed E-state index contributed by atoms with van der Waals surface area (Å²) >= 11 is 1.58. The van der Waals surface area contributed by atoms with Crippen molar-refractivity contribution < 1.29 is 18.0 Å². The maximum atomic E-state index is 12.6. The van der Waals surface area contributed by atoms with Crippen LogP contribution in [0.25, 0.3) is 0 Å². The maximum absolute atomic E-state index is 12.6. The Bertz CT molecular complexity index is 909. The molecule has 3 rings (SSSR count). The van der Waals surface area contributed by atoms with Crippen LogP contribution < -0.4 is 10.6 Å². The predicted molar refractivity (Wildman–Crippen MR) is 103 cm³/mol. The summed E-state index contributed by atoms with van der Waals surface area (Å²) in [5.74, 6) is -0.573. The molecule has 1 fully saturated rings. The van der Waals surface area contributed by atoms with Gasteiger partial charge in [-0.05, 0) is 42.1 Å². The first kappa shape index (κ1) is 19.5. The first-order valence-electron chi connectivity index (χ1n) is 8.63. The lowest BCUT2D eigenvalue weighted by Gasteiger charge is -2.25. The van der Waals surface area contributed by atoms with E-state index in [-0.39, 0.29) is 35.8 Å². The average Bonchev–Trinajstić information content (AvgIpc) is 3.20. The van der Waals surface area contributed by atoms with Crippen molar-refractivity contribution in [3.05, 3.63) is 52.2 Å². The van der Waals surface area contributed by atoms with E-state index in [0.717, 1.165) is 15.6 Å². The highest BCUT2D eigenvalue weighted by molar-refractivity contribution is 7.89. The Morgan fingerprint density at radius 1 is 1.30 bits per heavy atom. The molecule has 2 heterocycles. The van der Waals surface area contributed by atoms with Crippen molar-refractivity contribution >= 4 is 33.2 Å². The molecule has 1 aliphatic heterocycles. The summed E-state index contributed by atoms with van der Waals surface area (Å²) in [7, 11) is -3.76. The minimum atomic E-state index is -3.76. The number of carbonyl (C=O) groups is 2. The topological polar surface area (TPSA) is 95.6 Å². The largest absolute Gasteiger partial charge is 0.354 e. The lowest BCUT2D eigenvalue weighted by Crippen LogP contribution is -2.49. The number of amides is 2. The normalized spacial score (nSPS) is 16.6. The molecule has 0 spiro atoms. The summed E-state index contributed by atoms with van der Waals surface area (Å²) in [6.07, 6.45) is 0.760. The zero-order valence-corrected chi connectivity index (χ0v) is 16.5. The molecule has 2 aromatic rings. The van der Waals surface area contributed by atoms with Crippen LogP contribution in [0.4, 0.5) is 0 Å². The predicted octanol–water partition coefficient (Wildman–Crippen LogP) is 1.75. The van der Waals surface area contributed by atoms with Crippen LogP contribution in [0.1, 0.15) is 34.6 Å². The monoisotopic (exact) mass is 407 g/mol. The smallest absolute Gasteiger partial charge is 0.251 e. The summed E-state index contributed by atoms with van der Waals surface area (Å²) < 4.78 is 26.4. The van der Waals surface area contributed by atoms with Gasteiger partial charge < -0.3 is 10.6 Å². The van der Waals surface area contributed by atoms with Gasteiger partial charge in [-0.1, -0.05) is 13.0 Å². The first-order chi connectivity index (χ1) is 12.9. The van der Waals surface area contributed by atoms with E-state index in [9.17, 15) is 18.0 Å². The van der Waals surface area contributed by atoms with E-state index in [1.54, 1.807) is 11.3 Å². The van der Waals surface area contributed by atoms with Crippen LogP contribution in [0.2, 0.25) is 0 Å². The summed E-state index contributed by atoms with van der Waals surface area (Å²) in [4.78, 5) is 25.1. The minimum Gasteiger partial charge on any atom is -0.354 e. The van der Waals surface area contributed by atoms with Gasteiger partial charge in [0, 0.05) is 23.5 Å². The van der Waals surface area contributed by atoms with Crippen molar-refractivity contribution in [3.8, 4) is 0 Å². The number of nitrogens with zero attached hydrogens (tertiary/aromatic N) is 1. The number of rotatable bonds is 6. The van der Waals surface area contributed by atoms with Crippen LogP contribution >= 0.6 is 11.3 Å². The molecular formula is C18H21N3O4S2. The number of hydrogen-bond donors (Lipinski definition) is 2. The van der Waals surface area contributed by atoms with E-state index in [1.165, 1.54) is 24.3 Å². The van der Waals surface area contributed by atoms with Gasteiger partial charge in [0.05, 0.1) is 17.5 Å². The van der Waals surface area contributed by atoms with E-state index in [4.69, 9.17) is 0 Å². The highest BCUT2D eigenvalue weighted by atomic mass is 32.2. The fourth-order valence-electron chi connectivity index (χ4n) is 2.85. The third-order valence-electron chi connectivity index (χ3n) is 4.36. The zero-order valence-electron chi connectivity index (χ0n) is 14.8. The fraction of sp³-hybridized carbons (Fsp3) is 0.333. The molecule has 0 saturated carbocycles. The Balaban J connectivity index is 1.72. The molecular weight excluding hydrogens is 386 g/mol. The number of carbonyl (C=O) groups excluding carboxylic acids is 2. The molecule has 144 valence electrons. The van der Waals surface area contributed by atoms with Crippen molar-refractivity contribution in [1.82, 2.24) is 14.9 Å². The Kier molecular flexibility index (Phi) is 5.93. The van der Waals surface area contributed by atoms with Gasteiger partial charge in [0.2, 0.25) is 15.9 Å². The van der Waals surface area contributed by atoms with Gasteiger partial charge in [-0.2, -0.15) is 4.31 Å². The second-order valence-electron chi connectivity index (χ2n) is 6.16. The minimum absolute atomic E-state index is 0.0686. The molecule has 0 bridgehead atoms. The highest BCUT2D eigenvalue weighted by Gasteiger charge is 2.29. The molecule has 1 atom stereocenters. The van der Waals surface area contributed by atoms with E-state index in [2.05, 4.69) is 10.6 Å². The molecule has 0 aliphatic carbocycles. The van der Waals surface area contributed by atoms with Crippen LogP contribution in [-0.2, 0) is 14.8 Å². The third-order valence-corrected chi connectivity index (χ3v) is 7.20. The zero-order chi connectivity index (χ0) is 19.4. The molecule has 2 N–H and O–H groups in total. The number of hydrogen-bond acceptors (Lipinski definition) is 5. The van der Waals surface area contributed by atoms with Crippen LogP contribution in [0, 0.1) is 0 Å². The third kappa shape index (κ3) is 4.37. The standard InChI is InChI=1S/C18H21N3O4S2/c1-2-15(16-4-3-11-26-16)20-18(23)13-5-7-14(8-6-13)27(24,25)21-10-9-19-17(22)12-21/h3-8,11,15H,2,9-10,12H2,1H3,(H,19,22)(H,20,23). The summed E-state index contributed by atoms with van der Waals surface area (Å²) in [6, 6.07) is 9.64. The molecule has 1 saturated heterocycles. The molecule has 27 heavy (non-hydrogen) atoms. The Hall–Kier alpha value is -2.23. The Labute approximate surface area is 162 Å². The maximum Gasteiger partial charge on any atom is 0.251 e. The number of benzene rings is 1. The average molecular weight is 408 g/mol. The fourth-order valence-corrected chi connectivity index (χ4v) is 5.11. The number of sulfonamides is 1. The van der Waals surface area contributed by atoms with E-state index in [0.29, 0.717) is 12.1 Å². The second-order valence-corrected chi connectivity index (χ2v) is 9.08. The molecule has 2 amide bonds. The molecule has 1 aromatic carbocycles. The van der Waals surface area contributed by atoms with Crippen LogP contribution in [0.3, 0.4) is 0 Å². The van der Waals surface area contributed by atoms with E-state index < -0.39 is 10.0 Å². The van der Waals surface area contributed by atoms with Gasteiger partial charge >= 0.3 is 0 Å². The first-order valence-corrected chi connectivity index (χ1v) is 10.9. The number of nitrogens with one attached hydrogen (secondary N) is 2. The molecule has 1 unspecified atom stereocenters. The van der Waals surface area contributed by atoms with Crippen molar-refractivity contribution in [1.29, 1.82) is 0 Å². The Morgan fingerprint density at radius 2 is 2.04 bits per heavy atom. The van der Waals surface area contributed by atoms with Gasteiger partial charge in [-0.15, -0.1) is 11.3 Å². The highest BCUT2D eigenvalue weighted by Crippen LogP contribution is 2.22. The van der Waals surface area contributed by atoms with Gasteiger partial charge in [0.1, 0.15) is 0 Å². The van der Waals surface area contributed by atoms with Gasteiger partial charge in [-0.25, -0.2) is 8.42 Å². The van der Waals surface area contributed by atoms with Gasteiger partial charge in [0.25, 0.3) is 5.91 Å². The molecule has 0 radical (unpaired) electrons.